The van der Waals surface area contributed by atoms with E-state index in [2.05, 4.69) is 60.4 Å². The lowest BCUT2D eigenvalue weighted by atomic mass is 9.95. The second-order valence-electron chi connectivity index (χ2n) is 7.77. The molecule has 1 aromatic heterocycles. The molecule has 3 aromatic rings. The first kappa shape index (κ1) is 21.2. The fourth-order valence-electron chi connectivity index (χ4n) is 3.88. The third-order valence-corrected chi connectivity index (χ3v) is 6.08. The molecule has 31 heavy (non-hydrogen) atoms. The summed E-state index contributed by atoms with van der Waals surface area (Å²) in [6.45, 7) is 7.28. The molecule has 6 heteroatoms. The number of nitrogens with zero attached hydrogens (tertiary/aromatic N) is 3. The van der Waals surface area contributed by atoms with Crippen LogP contribution in [0.1, 0.15) is 56.7 Å². The number of hydrogen-bond donors (Lipinski definition) is 1. The quantitative estimate of drug-likeness (QED) is 0.479. The molecule has 0 radical (unpaired) electrons. The summed E-state index contributed by atoms with van der Waals surface area (Å²) < 4.78 is 5.80. The number of hydrogen-bond acceptors (Lipinski definition) is 4. The van der Waals surface area contributed by atoms with Crippen LogP contribution in [-0.2, 0) is 6.42 Å². The fraction of sp³-hybridized carbons (Fsp3) is 0.320. The highest BCUT2D eigenvalue weighted by Gasteiger charge is 2.33. The summed E-state index contributed by atoms with van der Waals surface area (Å²) in [5.74, 6) is 1.12. The second-order valence-corrected chi connectivity index (χ2v) is 8.16. The van der Waals surface area contributed by atoms with Crippen molar-refractivity contribution in [1.82, 2.24) is 20.4 Å². The maximum Gasteiger partial charge on any atom is 0.258 e. The lowest BCUT2D eigenvalue weighted by Gasteiger charge is -2.37. The molecule has 5 nitrogen and oxygen atoms in total. The van der Waals surface area contributed by atoms with E-state index >= 15 is 0 Å². The van der Waals surface area contributed by atoms with Crippen LogP contribution in [0.2, 0.25) is 0 Å². The lowest BCUT2D eigenvalue weighted by molar-refractivity contribution is 0.395. The van der Waals surface area contributed by atoms with Crippen LogP contribution in [0.3, 0.4) is 0 Å². The number of nitrogens with one attached hydrogen (secondary N) is 1. The molecule has 0 aliphatic carbocycles. The number of thiocarbonyl (C=S) groups is 1. The molecule has 1 N–H and O–H groups in total. The van der Waals surface area contributed by atoms with E-state index in [0.717, 1.165) is 53.3 Å². The van der Waals surface area contributed by atoms with Crippen molar-refractivity contribution >= 4 is 22.9 Å². The van der Waals surface area contributed by atoms with Gasteiger partial charge in [-0.05, 0) is 43.1 Å². The smallest absolute Gasteiger partial charge is 0.258 e. The summed E-state index contributed by atoms with van der Waals surface area (Å²) in [5, 5.41) is 8.53. The van der Waals surface area contributed by atoms with Gasteiger partial charge in [0.15, 0.2) is 5.11 Å². The van der Waals surface area contributed by atoms with E-state index in [9.17, 15) is 0 Å². The predicted molar refractivity (Wildman–Crippen MR) is 128 cm³/mol. The van der Waals surface area contributed by atoms with Gasteiger partial charge < -0.3 is 14.7 Å². The zero-order valence-corrected chi connectivity index (χ0v) is 19.1. The molecule has 4 rings (SSSR count). The number of allylic oxidation sites excluding steroid dienone is 1. The first-order chi connectivity index (χ1) is 15.1. The summed E-state index contributed by atoms with van der Waals surface area (Å²) in [4.78, 5) is 6.93. The van der Waals surface area contributed by atoms with Crippen molar-refractivity contribution in [3.63, 3.8) is 0 Å². The molecule has 0 saturated carbocycles. The Kier molecular flexibility index (Phi) is 6.47. The van der Waals surface area contributed by atoms with E-state index in [1.807, 2.05) is 30.3 Å². The standard InChI is InChI=1S/C25H28N4OS/c1-4-6-16-29-17(3)21(22(26-25(29)31)19-10-8-7-9-11-19)24-27-23(28-30-24)20-14-12-18(5-2)13-15-20/h7-15,22H,4-6,16H2,1-3H3,(H,26,31). The molecule has 0 bridgehead atoms. The van der Waals surface area contributed by atoms with Gasteiger partial charge in [0.2, 0.25) is 5.82 Å². The normalized spacial score (nSPS) is 16.5. The number of aryl methyl sites for hydroxylation is 1. The zero-order valence-electron chi connectivity index (χ0n) is 18.3. The minimum atomic E-state index is -0.137. The molecule has 0 amide bonds. The van der Waals surface area contributed by atoms with Crippen molar-refractivity contribution in [2.24, 2.45) is 0 Å². The van der Waals surface area contributed by atoms with Gasteiger partial charge in [-0.3, -0.25) is 0 Å². The Bertz CT molecular complexity index is 1070. The van der Waals surface area contributed by atoms with Crippen molar-refractivity contribution < 1.29 is 4.52 Å². The van der Waals surface area contributed by atoms with E-state index < -0.39 is 0 Å². The molecule has 1 unspecified atom stereocenters. The average molecular weight is 433 g/mol. The highest BCUT2D eigenvalue weighted by molar-refractivity contribution is 7.80. The molecule has 2 aromatic carbocycles. The second kappa shape index (κ2) is 9.43. The molecule has 0 saturated heterocycles. The molecule has 2 heterocycles. The van der Waals surface area contributed by atoms with Gasteiger partial charge in [-0.15, -0.1) is 0 Å². The van der Waals surface area contributed by atoms with E-state index in [4.69, 9.17) is 21.7 Å². The summed E-state index contributed by atoms with van der Waals surface area (Å²) >= 11 is 5.72. The topological polar surface area (TPSA) is 54.2 Å². The van der Waals surface area contributed by atoms with Crippen molar-refractivity contribution in [3.8, 4) is 11.4 Å². The molecular weight excluding hydrogens is 404 g/mol. The van der Waals surface area contributed by atoms with Crippen molar-refractivity contribution in [3.05, 3.63) is 77.3 Å². The molecule has 1 aliphatic heterocycles. The first-order valence-corrected chi connectivity index (χ1v) is 11.3. The van der Waals surface area contributed by atoms with Crippen molar-refractivity contribution in [1.29, 1.82) is 0 Å². The van der Waals surface area contributed by atoms with Gasteiger partial charge in [0, 0.05) is 17.8 Å². The Morgan fingerprint density at radius 1 is 1.06 bits per heavy atom. The van der Waals surface area contributed by atoms with Gasteiger partial charge in [-0.2, -0.15) is 4.98 Å². The van der Waals surface area contributed by atoms with Crippen LogP contribution in [0.25, 0.3) is 17.0 Å². The molecule has 1 aliphatic rings. The van der Waals surface area contributed by atoms with Crippen molar-refractivity contribution in [2.75, 3.05) is 6.54 Å². The Hall–Kier alpha value is -2.99. The zero-order chi connectivity index (χ0) is 21.8. The van der Waals surface area contributed by atoms with Crippen LogP contribution in [0.5, 0.6) is 0 Å². The van der Waals surface area contributed by atoms with E-state index in [1.165, 1.54) is 5.56 Å². The average Bonchev–Trinajstić information content (AvgIpc) is 3.29. The van der Waals surface area contributed by atoms with Crippen molar-refractivity contribution in [2.45, 2.75) is 46.1 Å². The number of rotatable bonds is 7. The van der Waals surface area contributed by atoms with Gasteiger partial charge in [-0.1, -0.05) is 80.0 Å². The maximum atomic E-state index is 5.80. The fourth-order valence-corrected chi connectivity index (χ4v) is 4.23. The molecule has 0 fully saturated rings. The minimum Gasteiger partial charge on any atom is -0.351 e. The number of unbranched alkanes of at least 4 members (excludes halogenated alkanes) is 1. The summed E-state index contributed by atoms with van der Waals surface area (Å²) in [6.07, 6.45) is 3.16. The van der Waals surface area contributed by atoms with Crippen LogP contribution >= 0.6 is 12.2 Å². The Morgan fingerprint density at radius 2 is 1.81 bits per heavy atom. The maximum absolute atomic E-state index is 5.80. The van der Waals surface area contributed by atoms with Gasteiger partial charge in [0.25, 0.3) is 5.89 Å². The Morgan fingerprint density at radius 3 is 2.48 bits per heavy atom. The highest BCUT2D eigenvalue weighted by atomic mass is 32.1. The van der Waals surface area contributed by atoms with E-state index in [0.29, 0.717) is 11.7 Å². The summed E-state index contributed by atoms with van der Waals surface area (Å²) in [7, 11) is 0. The molecular formula is C25H28N4OS. The number of benzene rings is 2. The SMILES string of the molecule is CCCCN1C(=S)NC(c2ccccc2)C(c2nc(-c3ccc(CC)cc3)no2)=C1C. The van der Waals surface area contributed by atoms with Gasteiger partial charge >= 0.3 is 0 Å². The van der Waals surface area contributed by atoms with Crippen LogP contribution in [0.15, 0.2) is 64.8 Å². The number of aromatic nitrogens is 2. The largest absolute Gasteiger partial charge is 0.351 e. The third kappa shape index (κ3) is 4.39. The highest BCUT2D eigenvalue weighted by Crippen LogP contribution is 2.37. The Balaban J connectivity index is 1.76. The minimum absolute atomic E-state index is 0.137. The lowest BCUT2D eigenvalue weighted by Crippen LogP contribution is -2.46. The van der Waals surface area contributed by atoms with Gasteiger partial charge in [0.05, 0.1) is 11.6 Å². The first-order valence-electron chi connectivity index (χ1n) is 10.9. The monoisotopic (exact) mass is 432 g/mol. The van der Waals surface area contributed by atoms with Gasteiger partial charge in [0.1, 0.15) is 0 Å². The Labute approximate surface area is 189 Å². The molecule has 160 valence electrons. The molecule has 0 spiro atoms. The van der Waals surface area contributed by atoms with Crippen LogP contribution in [0, 0.1) is 0 Å². The predicted octanol–water partition coefficient (Wildman–Crippen LogP) is 5.76. The van der Waals surface area contributed by atoms with E-state index in [1.54, 1.807) is 0 Å². The summed E-state index contributed by atoms with van der Waals surface area (Å²) in [5.41, 5.74) is 5.37. The van der Waals surface area contributed by atoms with Crippen LogP contribution in [0.4, 0.5) is 0 Å². The third-order valence-electron chi connectivity index (χ3n) is 5.74. The van der Waals surface area contributed by atoms with Gasteiger partial charge in [-0.25, -0.2) is 0 Å². The summed E-state index contributed by atoms with van der Waals surface area (Å²) in [6, 6.07) is 18.4. The van der Waals surface area contributed by atoms with Crippen LogP contribution < -0.4 is 5.32 Å². The molecule has 1 atom stereocenters. The van der Waals surface area contributed by atoms with Crippen LogP contribution in [-0.4, -0.2) is 26.7 Å². The van der Waals surface area contributed by atoms with E-state index in [-0.39, 0.29) is 6.04 Å².